The monoisotopic (exact) mass is 651 g/mol. The Morgan fingerprint density at radius 1 is 0.969 bits per heavy atom. The first kappa shape index (κ1) is 22.7. The van der Waals surface area contributed by atoms with Crippen molar-refractivity contribution in [2.45, 2.75) is 13.0 Å². The van der Waals surface area contributed by atoms with E-state index in [2.05, 4.69) is 101 Å². The summed E-state index contributed by atoms with van der Waals surface area (Å²) in [4.78, 5) is 23.9. The second-order valence-corrected chi connectivity index (χ2v) is 9.62. The average molecular weight is 651 g/mol. The van der Waals surface area contributed by atoms with Crippen molar-refractivity contribution < 1.29 is 14.3 Å². The number of aryl methyl sites for hydroxylation is 1. The molecule has 0 atom stereocenters. The van der Waals surface area contributed by atoms with Crippen molar-refractivity contribution in [3.63, 3.8) is 0 Å². The van der Waals surface area contributed by atoms with E-state index < -0.39 is 5.97 Å². The Bertz CT molecular complexity index is 1290. The lowest BCUT2D eigenvalue weighted by molar-refractivity contribution is -0.121. The topological polar surface area (TPSA) is 72.7 Å². The molecule has 0 aliphatic carbocycles. The third-order valence-corrected chi connectivity index (χ3v) is 6.43. The third kappa shape index (κ3) is 4.96. The Morgan fingerprint density at radius 3 is 2.12 bits per heavy atom. The number of aromatic nitrogens is 1. The molecule has 0 aliphatic heterocycles. The zero-order valence-electron chi connectivity index (χ0n) is 17.1. The molecule has 0 aliphatic rings. The van der Waals surface area contributed by atoms with E-state index in [0.717, 1.165) is 16.6 Å². The molecule has 32 heavy (non-hydrogen) atoms. The van der Waals surface area contributed by atoms with Gasteiger partial charge in [-0.25, -0.2) is 10.2 Å². The molecule has 0 saturated carbocycles. The zero-order valence-corrected chi connectivity index (χ0v) is 21.5. The molecular weight excluding hydrogens is 632 g/mol. The summed E-state index contributed by atoms with van der Waals surface area (Å²) in [7, 11) is 1.34. The van der Waals surface area contributed by atoms with Gasteiger partial charge in [0.25, 0.3) is 0 Å². The lowest BCUT2D eigenvalue weighted by Crippen LogP contribution is -2.19. The number of rotatable bonds is 6. The van der Waals surface area contributed by atoms with Gasteiger partial charge in [0.2, 0.25) is 5.91 Å². The average Bonchev–Trinajstić information content (AvgIpc) is 3.09. The number of hydrazone groups is 1. The third-order valence-electron chi connectivity index (χ3n) is 5.09. The van der Waals surface area contributed by atoms with E-state index in [1.54, 1.807) is 30.5 Å². The summed E-state index contributed by atoms with van der Waals surface area (Å²) in [6.45, 7) is 0.552. The first-order valence-electron chi connectivity index (χ1n) is 9.83. The summed E-state index contributed by atoms with van der Waals surface area (Å²) in [5, 5.41) is 6.42. The predicted molar refractivity (Wildman–Crippen MR) is 143 cm³/mol. The number of fused-ring (bicyclic) bond motifs is 3. The molecule has 4 aromatic rings. The zero-order chi connectivity index (χ0) is 22.7. The minimum Gasteiger partial charge on any atom is -0.465 e. The largest absolute Gasteiger partial charge is 0.465 e. The van der Waals surface area contributed by atoms with E-state index >= 15 is 0 Å². The fourth-order valence-electron chi connectivity index (χ4n) is 3.56. The number of hydrogen-bond acceptors (Lipinski definition) is 4. The van der Waals surface area contributed by atoms with Gasteiger partial charge in [0.05, 0.1) is 18.9 Å². The van der Waals surface area contributed by atoms with Crippen LogP contribution in [0.3, 0.4) is 0 Å². The van der Waals surface area contributed by atoms with Gasteiger partial charge in [0.15, 0.2) is 0 Å². The maximum absolute atomic E-state index is 12.4. The summed E-state index contributed by atoms with van der Waals surface area (Å²) in [5.41, 5.74) is 6.04. The first-order valence-corrected chi connectivity index (χ1v) is 12.0. The Hall–Kier alpha value is -2.47. The number of carbonyl (C=O) groups is 2. The smallest absolute Gasteiger partial charge is 0.337 e. The summed E-state index contributed by atoms with van der Waals surface area (Å²) in [6, 6.07) is 19.5. The summed E-state index contributed by atoms with van der Waals surface area (Å²) in [5.74, 6) is -0.560. The second-order valence-electron chi connectivity index (χ2n) is 7.13. The van der Waals surface area contributed by atoms with Gasteiger partial charge >= 0.3 is 5.97 Å². The summed E-state index contributed by atoms with van der Waals surface area (Å²) >= 11 is 4.65. The van der Waals surface area contributed by atoms with Crippen molar-refractivity contribution in [2.75, 3.05) is 7.11 Å². The minimum absolute atomic E-state index is 0.168. The van der Waals surface area contributed by atoms with Crippen LogP contribution >= 0.6 is 45.2 Å². The number of nitrogens with one attached hydrogen (secondary N) is 1. The van der Waals surface area contributed by atoms with E-state index in [9.17, 15) is 9.59 Å². The van der Waals surface area contributed by atoms with Crippen LogP contribution in [0.2, 0.25) is 0 Å². The molecule has 1 aromatic heterocycles. The number of halogens is 2. The fraction of sp³-hybridized carbons (Fsp3) is 0.125. The Balaban J connectivity index is 1.45. The first-order chi connectivity index (χ1) is 15.5. The van der Waals surface area contributed by atoms with Crippen molar-refractivity contribution in [2.24, 2.45) is 5.10 Å². The van der Waals surface area contributed by atoms with Gasteiger partial charge in [0.1, 0.15) is 0 Å². The molecule has 0 bridgehead atoms. The molecule has 3 aromatic carbocycles. The molecule has 1 N–H and O–H groups in total. The van der Waals surface area contributed by atoms with E-state index in [4.69, 9.17) is 0 Å². The van der Waals surface area contributed by atoms with Crippen LogP contribution in [-0.4, -0.2) is 29.8 Å². The van der Waals surface area contributed by atoms with E-state index in [1.807, 2.05) is 0 Å². The standard InChI is InChI=1S/C24H19I2N3O3/c1-32-24(31)16-4-2-15(3-5-16)14-27-28-23(30)10-11-29-21-8-6-17(25)12-19(21)20-13-18(26)7-9-22(20)29/h2-9,12-14H,10-11H2,1H3,(H,28,30)/b27-14-. The molecular formula is C24H19I2N3O3. The molecule has 4 rings (SSSR count). The van der Waals surface area contributed by atoms with Crippen LogP contribution in [0.5, 0.6) is 0 Å². The van der Waals surface area contributed by atoms with Gasteiger partial charge in [-0.1, -0.05) is 12.1 Å². The van der Waals surface area contributed by atoms with Crippen LogP contribution in [-0.2, 0) is 16.1 Å². The second kappa shape index (κ2) is 9.99. The number of benzene rings is 3. The Morgan fingerprint density at radius 2 is 1.56 bits per heavy atom. The van der Waals surface area contributed by atoms with Gasteiger partial charge in [-0.15, -0.1) is 0 Å². The normalized spacial score (nSPS) is 11.3. The molecule has 0 spiro atoms. The maximum Gasteiger partial charge on any atom is 0.337 e. The SMILES string of the molecule is COC(=O)c1ccc(/C=N\NC(=O)CCn2c3ccc(I)cc3c3cc(I)ccc32)cc1. The molecule has 162 valence electrons. The van der Waals surface area contributed by atoms with Crippen molar-refractivity contribution in [1.82, 2.24) is 9.99 Å². The number of nitrogens with zero attached hydrogens (tertiary/aromatic N) is 2. The summed E-state index contributed by atoms with van der Waals surface area (Å²) in [6.07, 6.45) is 1.85. The van der Waals surface area contributed by atoms with Gasteiger partial charge in [0, 0.05) is 41.9 Å². The van der Waals surface area contributed by atoms with Gasteiger partial charge < -0.3 is 9.30 Å². The number of carbonyl (C=O) groups excluding carboxylic acids is 2. The maximum atomic E-state index is 12.4. The highest BCUT2D eigenvalue weighted by Gasteiger charge is 2.12. The number of esters is 1. The van der Waals surface area contributed by atoms with E-state index in [1.165, 1.54) is 25.0 Å². The minimum atomic E-state index is -0.392. The Labute approximate surface area is 212 Å². The molecule has 6 nitrogen and oxygen atoms in total. The number of methoxy groups -OCH3 is 1. The molecule has 0 unspecified atom stereocenters. The highest BCUT2D eigenvalue weighted by Crippen LogP contribution is 2.31. The van der Waals surface area contributed by atoms with Crippen LogP contribution in [0, 0.1) is 7.14 Å². The van der Waals surface area contributed by atoms with Gasteiger partial charge in [-0.3, -0.25) is 4.79 Å². The van der Waals surface area contributed by atoms with Crippen molar-refractivity contribution in [1.29, 1.82) is 0 Å². The van der Waals surface area contributed by atoms with Crippen molar-refractivity contribution in [3.8, 4) is 0 Å². The molecule has 8 heteroatoms. The van der Waals surface area contributed by atoms with Crippen LogP contribution in [0.1, 0.15) is 22.3 Å². The molecule has 1 heterocycles. The molecule has 1 amide bonds. The quantitative estimate of drug-likeness (QED) is 0.133. The molecule has 0 radical (unpaired) electrons. The lowest BCUT2D eigenvalue weighted by atomic mass is 10.1. The van der Waals surface area contributed by atoms with Crippen molar-refractivity contribution >= 4 is 85.1 Å². The van der Waals surface area contributed by atoms with Crippen LogP contribution in [0.15, 0.2) is 65.8 Å². The Kier molecular flexibility index (Phi) is 7.09. The van der Waals surface area contributed by atoms with Crippen molar-refractivity contribution in [3.05, 3.63) is 78.9 Å². The van der Waals surface area contributed by atoms with E-state index in [0.29, 0.717) is 18.5 Å². The van der Waals surface area contributed by atoms with Gasteiger partial charge in [-0.05, 0) is 99.3 Å². The summed E-state index contributed by atoms with van der Waals surface area (Å²) < 4.78 is 9.23. The fourth-order valence-corrected chi connectivity index (χ4v) is 4.54. The van der Waals surface area contributed by atoms with Crippen LogP contribution in [0.25, 0.3) is 21.8 Å². The van der Waals surface area contributed by atoms with Crippen LogP contribution < -0.4 is 5.43 Å². The molecule has 0 fully saturated rings. The molecule has 0 saturated heterocycles. The van der Waals surface area contributed by atoms with Crippen LogP contribution in [0.4, 0.5) is 0 Å². The van der Waals surface area contributed by atoms with Gasteiger partial charge in [-0.2, -0.15) is 5.10 Å². The number of ether oxygens (including phenoxy) is 1. The predicted octanol–water partition coefficient (Wildman–Crippen LogP) is 5.33. The number of amides is 1. The van der Waals surface area contributed by atoms with E-state index in [-0.39, 0.29) is 5.91 Å². The highest BCUT2D eigenvalue weighted by atomic mass is 127. The lowest BCUT2D eigenvalue weighted by Gasteiger charge is -2.07. The number of hydrogen-bond donors (Lipinski definition) is 1. The highest BCUT2D eigenvalue weighted by molar-refractivity contribution is 14.1.